The van der Waals surface area contributed by atoms with Gasteiger partial charge < -0.3 is 14.8 Å². The van der Waals surface area contributed by atoms with E-state index in [4.69, 9.17) is 9.47 Å². The Morgan fingerprint density at radius 2 is 2.24 bits per heavy atom. The van der Waals surface area contributed by atoms with Crippen molar-refractivity contribution < 1.29 is 14.3 Å². The largest absolute Gasteiger partial charge is 0.482 e. The van der Waals surface area contributed by atoms with Gasteiger partial charge in [-0.1, -0.05) is 0 Å². The van der Waals surface area contributed by atoms with E-state index >= 15 is 0 Å². The summed E-state index contributed by atoms with van der Waals surface area (Å²) in [5.41, 5.74) is 0.268. The third-order valence-electron chi connectivity index (χ3n) is 3.15. The number of nitrogens with one attached hydrogen (secondary N) is 1. The van der Waals surface area contributed by atoms with Crippen LogP contribution in [-0.4, -0.2) is 56.0 Å². The summed E-state index contributed by atoms with van der Waals surface area (Å²) in [6, 6.07) is -0.236. The lowest BCUT2D eigenvalue weighted by molar-refractivity contribution is 0.0898. The zero-order valence-electron chi connectivity index (χ0n) is 11.8. The van der Waals surface area contributed by atoms with Gasteiger partial charge in [-0.3, -0.25) is 9.48 Å². The van der Waals surface area contributed by atoms with Crippen molar-refractivity contribution in [2.75, 3.05) is 13.2 Å². The molecule has 3 heterocycles. The van der Waals surface area contributed by atoms with Gasteiger partial charge in [-0.05, 0) is 0 Å². The van der Waals surface area contributed by atoms with E-state index in [1.807, 2.05) is 7.05 Å². The molecule has 112 valence electrons. The Balaban J connectivity index is 1.62. The summed E-state index contributed by atoms with van der Waals surface area (Å²) in [6.07, 6.45) is 4.55. The van der Waals surface area contributed by atoms with Crippen molar-refractivity contribution in [2.45, 2.75) is 12.1 Å². The second-order valence-electron chi connectivity index (χ2n) is 4.84. The molecule has 2 aromatic heterocycles. The third kappa shape index (κ3) is 3.02. The molecule has 1 amide bonds. The first-order chi connectivity index (χ1) is 10.1. The molecule has 0 spiro atoms. The van der Waals surface area contributed by atoms with Gasteiger partial charge in [-0.25, -0.2) is 0 Å². The normalized spacial score (nSPS) is 21.4. The summed E-state index contributed by atoms with van der Waals surface area (Å²) in [7, 11) is 3.47. The monoisotopic (exact) mass is 292 g/mol. The van der Waals surface area contributed by atoms with Crippen LogP contribution in [0.2, 0.25) is 0 Å². The van der Waals surface area contributed by atoms with Crippen molar-refractivity contribution in [3.05, 3.63) is 24.3 Å². The molecule has 3 rings (SSSR count). The average molecular weight is 292 g/mol. The minimum Gasteiger partial charge on any atom is -0.482 e. The maximum atomic E-state index is 12.1. The van der Waals surface area contributed by atoms with Crippen molar-refractivity contribution in [3.63, 3.8) is 0 Å². The lowest BCUT2D eigenvalue weighted by Crippen LogP contribution is -2.45. The maximum Gasteiger partial charge on any atom is 0.273 e. The first-order valence-corrected chi connectivity index (χ1v) is 6.52. The number of hydrogen-bond donors (Lipinski definition) is 1. The minimum absolute atomic E-state index is 0.236. The van der Waals surface area contributed by atoms with Crippen LogP contribution < -0.4 is 10.1 Å². The van der Waals surface area contributed by atoms with E-state index in [-0.39, 0.29) is 23.7 Å². The lowest BCUT2D eigenvalue weighted by atomic mass is 10.2. The molecule has 9 nitrogen and oxygen atoms in total. The highest BCUT2D eigenvalue weighted by molar-refractivity contribution is 5.92. The van der Waals surface area contributed by atoms with E-state index in [1.54, 1.807) is 24.1 Å². The number of hydrogen-bond acceptors (Lipinski definition) is 6. The number of carbonyl (C=O) groups excluding carboxylic acids is 1. The molecule has 1 aliphatic heterocycles. The van der Waals surface area contributed by atoms with Crippen molar-refractivity contribution in [1.82, 2.24) is 30.1 Å². The minimum atomic E-state index is -0.293. The van der Waals surface area contributed by atoms with Crippen molar-refractivity contribution >= 4 is 5.91 Å². The molecule has 0 unspecified atom stereocenters. The van der Waals surface area contributed by atoms with Crippen molar-refractivity contribution in [2.24, 2.45) is 14.1 Å². The van der Waals surface area contributed by atoms with Crippen molar-refractivity contribution in [3.8, 4) is 5.75 Å². The van der Waals surface area contributed by atoms with Crippen molar-refractivity contribution in [1.29, 1.82) is 0 Å². The Labute approximate surface area is 120 Å². The zero-order chi connectivity index (χ0) is 14.8. The van der Waals surface area contributed by atoms with Crippen LogP contribution in [0.15, 0.2) is 18.6 Å². The van der Waals surface area contributed by atoms with E-state index in [1.165, 1.54) is 11.0 Å². The molecular weight excluding hydrogens is 276 g/mol. The lowest BCUT2D eigenvalue weighted by Gasteiger charge is -2.19. The highest BCUT2D eigenvalue weighted by atomic mass is 16.5. The summed E-state index contributed by atoms with van der Waals surface area (Å²) in [4.78, 5) is 13.4. The van der Waals surface area contributed by atoms with Gasteiger partial charge in [0.05, 0.1) is 37.8 Å². The highest BCUT2D eigenvalue weighted by Crippen LogP contribution is 2.16. The Morgan fingerprint density at radius 1 is 1.38 bits per heavy atom. The number of nitrogens with zero attached hydrogens (tertiary/aromatic N) is 5. The molecule has 1 fully saturated rings. The molecular formula is C12H16N6O3. The summed E-state index contributed by atoms with van der Waals surface area (Å²) >= 11 is 0. The van der Waals surface area contributed by atoms with Crippen LogP contribution in [0.25, 0.3) is 0 Å². The van der Waals surface area contributed by atoms with Gasteiger partial charge in [0.25, 0.3) is 5.91 Å². The molecule has 0 aromatic carbocycles. The van der Waals surface area contributed by atoms with Gasteiger partial charge >= 0.3 is 0 Å². The van der Waals surface area contributed by atoms with Crippen LogP contribution in [0.5, 0.6) is 5.75 Å². The van der Waals surface area contributed by atoms with Gasteiger partial charge in [0.1, 0.15) is 6.10 Å². The van der Waals surface area contributed by atoms with Crippen LogP contribution in [0.1, 0.15) is 10.5 Å². The molecule has 1 N–H and O–H groups in total. The first kappa shape index (κ1) is 13.6. The molecule has 1 saturated heterocycles. The number of amides is 1. The number of carbonyl (C=O) groups is 1. The van der Waals surface area contributed by atoms with Crippen LogP contribution >= 0.6 is 0 Å². The number of rotatable bonds is 4. The fourth-order valence-electron chi connectivity index (χ4n) is 2.11. The smallest absolute Gasteiger partial charge is 0.273 e. The molecule has 21 heavy (non-hydrogen) atoms. The van der Waals surface area contributed by atoms with E-state index in [0.29, 0.717) is 19.0 Å². The zero-order valence-corrected chi connectivity index (χ0v) is 11.8. The molecule has 2 aromatic rings. The second-order valence-corrected chi connectivity index (χ2v) is 4.84. The maximum absolute atomic E-state index is 12.1. The fraction of sp³-hybridized carbons (Fsp3) is 0.500. The van der Waals surface area contributed by atoms with Gasteiger partial charge in [0.15, 0.2) is 11.4 Å². The molecule has 0 bridgehead atoms. The predicted molar refractivity (Wildman–Crippen MR) is 70.7 cm³/mol. The van der Waals surface area contributed by atoms with Crippen LogP contribution in [0.4, 0.5) is 0 Å². The Bertz CT molecular complexity index is 636. The summed E-state index contributed by atoms with van der Waals surface area (Å²) in [5.74, 6) is 0.352. The predicted octanol–water partition coefficient (Wildman–Crippen LogP) is -0.875. The molecule has 2 atom stereocenters. The Hall–Kier alpha value is -2.42. The summed E-state index contributed by atoms with van der Waals surface area (Å²) in [5, 5.41) is 14.7. The second kappa shape index (κ2) is 5.52. The summed E-state index contributed by atoms with van der Waals surface area (Å²) in [6.45, 7) is 0.817. The molecule has 0 aliphatic carbocycles. The van der Waals surface area contributed by atoms with E-state index in [0.717, 1.165) is 0 Å². The fourth-order valence-corrected chi connectivity index (χ4v) is 2.11. The third-order valence-corrected chi connectivity index (χ3v) is 3.15. The molecule has 9 heteroatoms. The van der Waals surface area contributed by atoms with Crippen LogP contribution in [0, 0.1) is 0 Å². The molecule has 0 radical (unpaired) electrons. The van der Waals surface area contributed by atoms with Gasteiger partial charge in [0, 0.05) is 14.1 Å². The van der Waals surface area contributed by atoms with Crippen LogP contribution in [0.3, 0.4) is 0 Å². The Morgan fingerprint density at radius 3 is 2.90 bits per heavy atom. The number of aryl methyl sites for hydroxylation is 2. The molecule has 1 aliphatic rings. The first-order valence-electron chi connectivity index (χ1n) is 6.52. The summed E-state index contributed by atoms with van der Waals surface area (Å²) < 4.78 is 12.8. The Kier molecular flexibility index (Phi) is 3.57. The van der Waals surface area contributed by atoms with Gasteiger partial charge in [-0.2, -0.15) is 15.0 Å². The standard InChI is InChI=1S/C12H16N6O3/c1-17-5-8(3-13-17)21-11-7-20-6-10(11)15-12(19)9-4-14-18(2)16-9/h3-5,10-11H,6-7H2,1-2H3,(H,15,19)/t10-,11+/m0/s1. The number of ether oxygens (including phenoxy) is 2. The topological polar surface area (TPSA) is 96.1 Å². The van der Waals surface area contributed by atoms with E-state index < -0.39 is 0 Å². The van der Waals surface area contributed by atoms with E-state index in [2.05, 4.69) is 20.6 Å². The van der Waals surface area contributed by atoms with Crippen LogP contribution in [-0.2, 0) is 18.8 Å². The van der Waals surface area contributed by atoms with Gasteiger partial charge in [0.2, 0.25) is 0 Å². The highest BCUT2D eigenvalue weighted by Gasteiger charge is 2.32. The SMILES string of the molecule is Cn1cc(O[C@@H]2COC[C@@H]2NC(=O)c2cnn(C)n2)cn1. The van der Waals surface area contributed by atoms with E-state index in [9.17, 15) is 4.79 Å². The molecule has 0 saturated carbocycles. The quantitative estimate of drug-likeness (QED) is 0.786. The number of aromatic nitrogens is 5. The average Bonchev–Trinajstić information content (AvgIpc) is 3.14. The van der Waals surface area contributed by atoms with Gasteiger partial charge in [-0.15, -0.1) is 5.10 Å².